The molecule has 0 atom stereocenters. The third-order valence-corrected chi connectivity index (χ3v) is 2.93. The van der Waals surface area contributed by atoms with Crippen LogP contribution in [0.1, 0.15) is 39.5 Å². The van der Waals surface area contributed by atoms with Crippen molar-refractivity contribution >= 4 is 22.6 Å². The van der Waals surface area contributed by atoms with Crippen molar-refractivity contribution in [3.8, 4) is 0 Å². The molecule has 3 heteroatoms. The fourth-order valence-corrected chi connectivity index (χ4v) is 1.77. The first-order valence-corrected chi connectivity index (χ1v) is 6.24. The SMILES string of the molecule is CCCCN(CCCC)SS. The van der Waals surface area contributed by atoms with Crippen LogP contribution in [0.5, 0.6) is 0 Å². The molecule has 0 rings (SSSR count). The van der Waals surface area contributed by atoms with E-state index in [0.717, 1.165) is 0 Å². The van der Waals surface area contributed by atoms with Gasteiger partial charge in [0.15, 0.2) is 0 Å². The van der Waals surface area contributed by atoms with E-state index < -0.39 is 0 Å². The van der Waals surface area contributed by atoms with Crippen molar-refractivity contribution in [1.82, 2.24) is 4.31 Å². The molecule has 68 valence electrons. The molecule has 0 heterocycles. The van der Waals surface area contributed by atoms with Crippen molar-refractivity contribution in [3.05, 3.63) is 0 Å². The maximum absolute atomic E-state index is 4.20. The Morgan fingerprint density at radius 1 is 1.09 bits per heavy atom. The highest BCUT2D eigenvalue weighted by Gasteiger charge is 2.00. The molecule has 0 radical (unpaired) electrons. The van der Waals surface area contributed by atoms with Crippen LogP contribution in [-0.4, -0.2) is 17.4 Å². The predicted octanol–water partition coefficient (Wildman–Crippen LogP) is 3.38. The molecule has 0 N–H and O–H groups in total. The molecule has 0 fully saturated rings. The van der Waals surface area contributed by atoms with Crippen LogP contribution in [0.4, 0.5) is 0 Å². The molecule has 0 aromatic carbocycles. The number of hydrogen-bond acceptors (Lipinski definition) is 3. The number of unbranched alkanes of at least 4 members (excludes halogenated alkanes) is 2. The van der Waals surface area contributed by atoms with Crippen LogP contribution in [0.25, 0.3) is 0 Å². The standard InChI is InChI=1S/C8H19NS2/c1-3-5-7-9(11-10)8-6-4-2/h10H,3-8H2,1-2H3. The van der Waals surface area contributed by atoms with Crippen LogP contribution < -0.4 is 0 Å². The Hall–Kier alpha value is 0.660. The second-order valence-corrected chi connectivity index (χ2v) is 3.89. The van der Waals surface area contributed by atoms with Gasteiger partial charge in [-0.1, -0.05) is 38.3 Å². The summed E-state index contributed by atoms with van der Waals surface area (Å²) in [4.78, 5) is 0. The predicted molar refractivity (Wildman–Crippen MR) is 58.0 cm³/mol. The summed E-state index contributed by atoms with van der Waals surface area (Å²) in [5.41, 5.74) is 0. The molecular weight excluding hydrogens is 174 g/mol. The van der Waals surface area contributed by atoms with E-state index in [0.29, 0.717) is 0 Å². The molecule has 0 aromatic heterocycles. The van der Waals surface area contributed by atoms with Gasteiger partial charge in [0, 0.05) is 13.1 Å². The number of hydrogen-bond donors (Lipinski definition) is 1. The molecule has 0 aromatic rings. The van der Waals surface area contributed by atoms with E-state index >= 15 is 0 Å². The minimum atomic E-state index is 1.19. The lowest BCUT2D eigenvalue weighted by Crippen LogP contribution is -2.16. The molecular formula is C8H19NS2. The van der Waals surface area contributed by atoms with Crippen LogP contribution in [0.3, 0.4) is 0 Å². The fourth-order valence-electron chi connectivity index (χ4n) is 0.862. The highest BCUT2D eigenvalue weighted by atomic mass is 33.1. The second-order valence-electron chi connectivity index (χ2n) is 2.72. The third-order valence-electron chi connectivity index (χ3n) is 1.64. The van der Waals surface area contributed by atoms with Gasteiger partial charge in [-0.05, 0) is 23.8 Å². The van der Waals surface area contributed by atoms with Crippen molar-refractivity contribution in [2.75, 3.05) is 13.1 Å². The summed E-state index contributed by atoms with van der Waals surface area (Å²) in [7, 11) is 1.58. The van der Waals surface area contributed by atoms with Gasteiger partial charge in [0.25, 0.3) is 0 Å². The lowest BCUT2D eigenvalue weighted by Gasteiger charge is -2.16. The highest BCUT2D eigenvalue weighted by Crippen LogP contribution is 2.15. The van der Waals surface area contributed by atoms with E-state index in [1.165, 1.54) is 38.8 Å². The van der Waals surface area contributed by atoms with Crippen molar-refractivity contribution in [3.63, 3.8) is 0 Å². The Bertz CT molecular complexity index is 70.5. The van der Waals surface area contributed by atoms with Crippen molar-refractivity contribution in [2.45, 2.75) is 39.5 Å². The number of rotatable bonds is 7. The first-order valence-electron chi connectivity index (χ1n) is 4.41. The third kappa shape index (κ3) is 7.04. The second kappa shape index (κ2) is 8.75. The Morgan fingerprint density at radius 3 is 1.82 bits per heavy atom. The average molecular weight is 193 g/mol. The minimum absolute atomic E-state index is 1.19. The maximum Gasteiger partial charge on any atom is 0.00970 e. The zero-order chi connectivity index (χ0) is 8.53. The summed E-state index contributed by atoms with van der Waals surface area (Å²) in [6, 6.07) is 0. The Balaban J connectivity index is 3.25. The van der Waals surface area contributed by atoms with Gasteiger partial charge in [-0.15, -0.1) is 0 Å². The molecule has 0 amide bonds. The first-order chi connectivity index (χ1) is 5.35. The first kappa shape index (κ1) is 11.7. The van der Waals surface area contributed by atoms with Gasteiger partial charge in [-0.25, -0.2) is 4.31 Å². The summed E-state index contributed by atoms with van der Waals surface area (Å²) >= 11 is 4.20. The minimum Gasteiger partial charge on any atom is -0.241 e. The zero-order valence-corrected chi connectivity index (χ0v) is 9.26. The van der Waals surface area contributed by atoms with E-state index in [1.807, 2.05) is 0 Å². The van der Waals surface area contributed by atoms with Gasteiger partial charge in [0.1, 0.15) is 0 Å². The van der Waals surface area contributed by atoms with Gasteiger partial charge in [0.05, 0.1) is 0 Å². The smallest absolute Gasteiger partial charge is 0.00970 e. The van der Waals surface area contributed by atoms with Crippen LogP contribution >= 0.6 is 22.6 Å². The Labute approximate surface area is 79.9 Å². The van der Waals surface area contributed by atoms with Crippen LogP contribution in [0.15, 0.2) is 0 Å². The lowest BCUT2D eigenvalue weighted by molar-refractivity contribution is 0.448. The monoisotopic (exact) mass is 193 g/mol. The molecule has 0 spiro atoms. The molecule has 0 bridgehead atoms. The van der Waals surface area contributed by atoms with Crippen LogP contribution in [0.2, 0.25) is 0 Å². The Kier molecular flexibility index (Phi) is 9.28. The lowest BCUT2D eigenvalue weighted by atomic mass is 10.3. The molecule has 0 saturated carbocycles. The van der Waals surface area contributed by atoms with E-state index in [4.69, 9.17) is 0 Å². The van der Waals surface area contributed by atoms with E-state index in [9.17, 15) is 0 Å². The van der Waals surface area contributed by atoms with E-state index in [2.05, 4.69) is 29.8 Å². The number of nitrogens with zero attached hydrogens (tertiary/aromatic N) is 1. The molecule has 0 saturated heterocycles. The van der Waals surface area contributed by atoms with E-state index in [-0.39, 0.29) is 0 Å². The van der Waals surface area contributed by atoms with E-state index in [1.54, 1.807) is 11.0 Å². The summed E-state index contributed by atoms with van der Waals surface area (Å²) in [6.07, 6.45) is 5.13. The quantitative estimate of drug-likeness (QED) is 0.375. The normalized spacial score (nSPS) is 10.9. The molecule has 0 aliphatic rings. The van der Waals surface area contributed by atoms with Crippen molar-refractivity contribution in [2.24, 2.45) is 0 Å². The zero-order valence-electron chi connectivity index (χ0n) is 7.55. The maximum atomic E-state index is 4.20. The highest BCUT2D eigenvalue weighted by molar-refractivity contribution is 8.67. The molecule has 0 aliphatic heterocycles. The van der Waals surface area contributed by atoms with Gasteiger partial charge in [-0.3, -0.25) is 0 Å². The number of thiol groups is 1. The van der Waals surface area contributed by atoms with Crippen LogP contribution in [-0.2, 0) is 0 Å². The van der Waals surface area contributed by atoms with Gasteiger partial charge in [-0.2, -0.15) is 0 Å². The fraction of sp³-hybridized carbons (Fsp3) is 1.00. The molecule has 0 aliphatic carbocycles. The van der Waals surface area contributed by atoms with Crippen molar-refractivity contribution in [1.29, 1.82) is 0 Å². The Morgan fingerprint density at radius 2 is 1.55 bits per heavy atom. The van der Waals surface area contributed by atoms with Gasteiger partial charge < -0.3 is 0 Å². The van der Waals surface area contributed by atoms with Gasteiger partial charge >= 0.3 is 0 Å². The van der Waals surface area contributed by atoms with Gasteiger partial charge in [0.2, 0.25) is 0 Å². The summed E-state index contributed by atoms with van der Waals surface area (Å²) in [6.45, 7) is 6.82. The summed E-state index contributed by atoms with van der Waals surface area (Å²) in [5.74, 6) is 0. The topological polar surface area (TPSA) is 3.24 Å². The van der Waals surface area contributed by atoms with Crippen molar-refractivity contribution < 1.29 is 0 Å². The summed E-state index contributed by atoms with van der Waals surface area (Å²) < 4.78 is 2.33. The molecule has 0 unspecified atom stereocenters. The summed E-state index contributed by atoms with van der Waals surface area (Å²) in [5, 5.41) is 0. The molecule has 11 heavy (non-hydrogen) atoms. The van der Waals surface area contributed by atoms with Crippen LogP contribution in [0, 0.1) is 0 Å². The average Bonchev–Trinajstić information content (AvgIpc) is 2.05. The largest absolute Gasteiger partial charge is 0.241 e. The molecule has 1 nitrogen and oxygen atoms in total.